The van der Waals surface area contributed by atoms with Crippen LogP contribution in [0.4, 0.5) is 0 Å². The highest BCUT2D eigenvalue weighted by atomic mass is 16.5. The molecule has 0 aromatic carbocycles. The number of nitrogens with zero attached hydrogens (tertiary/aromatic N) is 1. The molecule has 4 nitrogen and oxygen atoms in total. The largest absolute Gasteiger partial charge is 0.382 e. The van der Waals surface area contributed by atoms with Crippen LogP contribution in [-0.4, -0.2) is 50.8 Å². The molecule has 0 fully saturated rings. The molecule has 0 radical (unpaired) electrons. The van der Waals surface area contributed by atoms with Gasteiger partial charge in [-0.25, -0.2) is 0 Å². The van der Waals surface area contributed by atoms with Gasteiger partial charge < -0.3 is 14.4 Å². The van der Waals surface area contributed by atoms with E-state index in [0.717, 1.165) is 6.42 Å². The lowest BCUT2D eigenvalue weighted by atomic mass is 9.98. The maximum Gasteiger partial charge on any atom is 0.222 e. The molecule has 318 valence electrons. The van der Waals surface area contributed by atoms with Crippen LogP contribution >= 0.6 is 0 Å². The Bertz CT molecular complexity index is 645. The molecule has 0 aromatic rings. The van der Waals surface area contributed by atoms with Crippen molar-refractivity contribution in [2.24, 2.45) is 0 Å². The maximum atomic E-state index is 13.1. The van der Waals surface area contributed by atoms with Crippen LogP contribution in [0.3, 0.4) is 0 Å². The molecular formula is C49H99NO3. The molecule has 0 saturated heterocycles. The fourth-order valence-electron chi connectivity index (χ4n) is 8.04. The van der Waals surface area contributed by atoms with Crippen molar-refractivity contribution in [1.82, 2.24) is 4.90 Å². The Hall–Kier alpha value is -0.610. The molecule has 0 atom stereocenters. The zero-order chi connectivity index (χ0) is 38.6. The molecule has 0 rings (SSSR count). The monoisotopic (exact) mass is 750 g/mol. The number of amides is 1. The van der Waals surface area contributed by atoms with Gasteiger partial charge in [0.25, 0.3) is 0 Å². The van der Waals surface area contributed by atoms with Gasteiger partial charge in [0.1, 0.15) is 0 Å². The van der Waals surface area contributed by atoms with E-state index in [9.17, 15) is 4.79 Å². The third-order valence-corrected chi connectivity index (χ3v) is 11.8. The first-order valence-electron chi connectivity index (χ1n) is 24.5. The molecular weight excluding hydrogens is 651 g/mol. The first-order valence-corrected chi connectivity index (χ1v) is 24.5. The van der Waals surface area contributed by atoms with E-state index in [-0.39, 0.29) is 0 Å². The molecule has 0 unspecified atom stereocenters. The first-order chi connectivity index (χ1) is 26.2. The molecule has 0 aliphatic carbocycles. The second-order valence-corrected chi connectivity index (χ2v) is 17.0. The summed E-state index contributed by atoms with van der Waals surface area (Å²) >= 11 is 0. The van der Waals surface area contributed by atoms with E-state index in [4.69, 9.17) is 9.47 Å². The summed E-state index contributed by atoms with van der Waals surface area (Å²) in [5, 5.41) is 0. The van der Waals surface area contributed by atoms with Crippen LogP contribution < -0.4 is 0 Å². The Morgan fingerprint density at radius 2 is 0.679 bits per heavy atom. The Kier molecular flexibility index (Phi) is 45.3. The summed E-state index contributed by atoms with van der Waals surface area (Å²) < 4.78 is 10.7. The highest BCUT2D eigenvalue weighted by Crippen LogP contribution is 2.21. The van der Waals surface area contributed by atoms with Crippen molar-refractivity contribution in [3.8, 4) is 0 Å². The Morgan fingerprint density at radius 1 is 0.396 bits per heavy atom. The van der Waals surface area contributed by atoms with Crippen LogP contribution in [0.1, 0.15) is 271 Å². The summed E-state index contributed by atoms with van der Waals surface area (Å²) in [5.74, 6) is 0.301. The van der Waals surface area contributed by atoms with Gasteiger partial charge in [0.05, 0.1) is 13.2 Å². The second kappa shape index (κ2) is 45.8. The Balaban J connectivity index is 4.02. The van der Waals surface area contributed by atoms with Gasteiger partial charge in [-0.1, -0.05) is 245 Å². The molecule has 0 aliphatic heterocycles. The van der Waals surface area contributed by atoms with Gasteiger partial charge in [0.2, 0.25) is 5.91 Å². The fourth-order valence-corrected chi connectivity index (χ4v) is 8.04. The lowest BCUT2D eigenvalue weighted by molar-refractivity contribution is -0.132. The molecule has 0 aromatic heterocycles. The molecule has 0 saturated carbocycles. The SMILES string of the molecule is CCCCCCCCCCCCCCCCCCCCC(CCCCCCCCCCCCCCCCCCCC)N(C)C(=O)CCCOCCOC. The van der Waals surface area contributed by atoms with Gasteiger partial charge in [-0.15, -0.1) is 0 Å². The molecule has 53 heavy (non-hydrogen) atoms. The van der Waals surface area contributed by atoms with Crippen LogP contribution in [-0.2, 0) is 14.3 Å². The average Bonchev–Trinajstić information content (AvgIpc) is 3.17. The van der Waals surface area contributed by atoms with Crippen molar-refractivity contribution in [3.63, 3.8) is 0 Å². The number of hydrogen-bond donors (Lipinski definition) is 0. The van der Waals surface area contributed by atoms with E-state index >= 15 is 0 Å². The fraction of sp³-hybridized carbons (Fsp3) is 0.980. The van der Waals surface area contributed by atoms with Crippen molar-refractivity contribution in [3.05, 3.63) is 0 Å². The lowest BCUT2D eigenvalue weighted by Crippen LogP contribution is -2.37. The van der Waals surface area contributed by atoms with Crippen LogP contribution in [0.2, 0.25) is 0 Å². The summed E-state index contributed by atoms with van der Waals surface area (Å²) in [4.78, 5) is 15.2. The van der Waals surface area contributed by atoms with Gasteiger partial charge >= 0.3 is 0 Å². The first kappa shape index (κ1) is 52.4. The molecule has 1 amide bonds. The Labute approximate surface area is 334 Å². The van der Waals surface area contributed by atoms with Gasteiger partial charge in [-0.05, 0) is 19.3 Å². The molecule has 0 spiro atoms. The third kappa shape index (κ3) is 40.9. The van der Waals surface area contributed by atoms with E-state index in [0.29, 0.717) is 38.2 Å². The number of methoxy groups -OCH3 is 1. The van der Waals surface area contributed by atoms with E-state index in [1.807, 2.05) is 0 Å². The average molecular weight is 750 g/mol. The smallest absolute Gasteiger partial charge is 0.222 e. The van der Waals surface area contributed by atoms with Crippen LogP contribution in [0.5, 0.6) is 0 Å². The minimum atomic E-state index is 0.301. The summed E-state index contributed by atoms with van der Waals surface area (Å²) in [7, 11) is 3.77. The molecule has 0 N–H and O–H groups in total. The predicted octanol–water partition coefficient (Wildman–Crippen LogP) is 16.1. The van der Waals surface area contributed by atoms with Crippen molar-refractivity contribution in [2.75, 3.05) is 34.0 Å². The number of rotatable bonds is 46. The maximum absolute atomic E-state index is 13.1. The normalized spacial score (nSPS) is 11.6. The van der Waals surface area contributed by atoms with E-state index < -0.39 is 0 Å². The summed E-state index contributed by atoms with van der Waals surface area (Å²) in [6, 6.07) is 0.402. The van der Waals surface area contributed by atoms with Gasteiger partial charge in [-0.2, -0.15) is 0 Å². The zero-order valence-electron chi connectivity index (χ0n) is 37.2. The van der Waals surface area contributed by atoms with Crippen molar-refractivity contribution in [1.29, 1.82) is 0 Å². The standard InChI is InChI=1S/C49H99NO3/c1-5-7-9-11-13-15-17-19-21-23-25-27-29-31-33-35-37-39-42-48(50(3)49(51)44-41-45-53-47-46-52-4)43-40-38-36-34-32-30-28-26-24-22-20-18-16-14-12-10-8-6-2/h48H,5-47H2,1-4H3. The summed E-state index contributed by atoms with van der Waals surface area (Å²) in [6.07, 6.45) is 54.7. The summed E-state index contributed by atoms with van der Waals surface area (Å²) in [6.45, 7) is 6.48. The molecule has 0 bridgehead atoms. The van der Waals surface area contributed by atoms with Gasteiger partial charge in [0, 0.05) is 33.2 Å². The zero-order valence-corrected chi connectivity index (χ0v) is 37.2. The van der Waals surface area contributed by atoms with Gasteiger partial charge in [0.15, 0.2) is 0 Å². The minimum Gasteiger partial charge on any atom is -0.382 e. The highest BCUT2D eigenvalue weighted by Gasteiger charge is 2.19. The van der Waals surface area contributed by atoms with E-state index in [1.165, 1.54) is 244 Å². The number of unbranched alkanes of at least 4 members (excludes halogenated alkanes) is 34. The number of carbonyl (C=O) groups is 1. The molecule has 4 heteroatoms. The highest BCUT2D eigenvalue weighted by molar-refractivity contribution is 5.76. The Morgan fingerprint density at radius 3 is 0.962 bits per heavy atom. The van der Waals surface area contributed by atoms with Crippen molar-refractivity contribution >= 4 is 5.91 Å². The number of hydrogen-bond acceptors (Lipinski definition) is 3. The topological polar surface area (TPSA) is 38.8 Å². The van der Waals surface area contributed by atoms with Crippen molar-refractivity contribution in [2.45, 2.75) is 277 Å². The lowest BCUT2D eigenvalue weighted by Gasteiger charge is -2.29. The molecule has 0 aliphatic rings. The van der Waals surface area contributed by atoms with E-state index in [2.05, 4.69) is 25.8 Å². The quantitative estimate of drug-likeness (QED) is 0.0582. The minimum absolute atomic E-state index is 0.301. The molecule has 0 heterocycles. The number of ether oxygens (including phenoxy) is 2. The summed E-state index contributed by atoms with van der Waals surface area (Å²) in [5.41, 5.74) is 0. The van der Waals surface area contributed by atoms with E-state index in [1.54, 1.807) is 7.11 Å². The third-order valence-electron chi connectivity index (χ3n) is 11.8. The van der Waals surface area contributed by atoms with Crippen molar-refractivity contribution < 1.29 is 14.3 Å². The second-order valence-electron chi connectivity index (χ2n) is 17.0. The predicted molar refractivity (Wildman–Crippen MR) is 235 cm³/mol. The van der Waals surface area contributed by atoms with Crippen LogP contribution in [0.15, 0.2) is 0 Å². The number of carbonyl (C=O) groups excluding carboxylic acids is 1. The van der Waals surface area contributed by atoms with Crippen LogP contribution in [0, 0.1) is 0 Å². The van der Waals surface area contributed by atoms with Gasteiger partial charge in [-0.3, -0.25) is 4.79 Å². The van der Waals surface area contributed by atoms with Crippen LogP contribution in [0.25, 0.3) is 0 Å².